The van der Waals surface area contributed by atoms with Gasteiger partial charge in [0, 0.05) is 44.2 Å². The Morgan fingerprint density at radius 2 is 0.864 bits per heavy atom. The van der Waals surface area contributed by atoms with E-state index in [0.29, 0.717) is 0 Å². The first-order chi connectivity index (χ1) is 32.2. The lowest BCUT2D eigenvalue weighted by Crippen LogP contribution is -2.17. The van der Waals surface area contributed by atoms with Crippen molar-refractivity contribution in [2.45, 2.75) is 38.5 Å². The second-order valence-corrected chi connectivity index (χ2v) is 19.4. The molecule has 314 valence electrons. The predicted octanol–water partition coefficient (Wildman–Crippen LogP) is 17.4. The minimum absolute atomic E-state index is 0.145. The van der Waals surface area contributed by atoms with Gasteiger partial charge in [0.2, 0.25) is 0 Å². The van der Waals surface area contributed by atoms with Crippen molar-refractivity contribution in [1.29, 1.82) is 0 Å². The van der Waals surface area contributed by atoms with E-state index in [2.05, 4.69) is 256 Å². The van der Waals surface area contributed by atoms with Crippen molar-refractivity contribution >= 4 is 49.6 Å². The van der Waals surface area contributed by atoms with Crippen LogP contribution in [-0.2, 0) is 10.8 Å². The van der Waals surface area contributed by atoms with Gasteiger partial charge in [-0.15, -0.1) is 0 Å². The first kappa shape index (κ1) is 38.5. The fraction of sp³-hybridized carbons (Fsp3) is 0.0938. The van der Waals surface area contributed by atoms with Crippen molar-refractivity contribution < 1.29 is 0 Å². The van der Waals surface area contributed by atoms with E-state index in [1.807, 2.05) is 0 Å². The molecule has 2 heteroatoms. The lowest BCUT2D eigenvalue weighted by Gasteiger charge is -2.29. The summed E-state index contributed by atoms with van der Waals surface area (Å²) in [6.45, 7) is 9.65. The number of hydrogen-bond acceptors (Lipinski definition) is 1. The molecule has 0 saturated heterocycles. The maximum atomic E-state index is 2.55. The van der Waals surface area contributed by atoms with Gasteiger partial charge in [0.1, 0.15) is 0 Å². The molecule has 0 spiro atoms. The number of nitrogens with zero attached hydrogens (tertiary/aromatic N) is 2. The monoisotopic (exact) mass is 844 g/mol. The first-order valence-electron chi connectivity index (χ1n) is 23.3. The van der Waals surface area contributed by atoms with Crippen LogP contribution in [0.25, 0.3) is 82.8 Å². The number of aromatic nitrogens is 1. The van der Waals surface area contributed by atoms with Crippen LogP contribution in [0.5, 0.6) is 0 Å². The number of benzene rings is 10. The SMILES string of the molecule is CC1(C)c2cc3c(cc2-c2cc4ccccc4cc21)C(C)(C)c1cccc(N(c2ccc(-c4ccccc4)cc2)c2ccc(-c4ccc5c(c4)c4ccccc4n5-c4ccccc4)cc2)c1-3. The molecule has 0 saturated carbocycles. The third-order valence-electron chi connectivity index (χ3n) is 15.0. The van der Waals surface area contributed by atoms with E-state index in [-0.39, 0.29) is 10.8 Å². The summed E-state index contributed by atoms with van der Waals surface area (Å²) >= 11 is 0. The largest absolute Gasteiger partial charge is 0.310 e. The molecule has 0 atom stereocenters. The van der Waals surface area contributed by atoms with E-state index in [1.165, 1.54) is 111 Å². The molecule has 0 amide bonds. The van der Waals surface area contributed by atoms with Crippen LogP contribution < -0.4 is 4.90 Å². The van der Waals surface area contributed by atoms with Gasteiger partial charge in [0.15, 0.2) is 0 Å². The van der Waals surface area contributed by atoms with E-state index in [4.69, 9.17) is 0 Å². The molecule has 0 fully saturated rings. The highest BCUT2D eigenvalue weighted by Gasteiger charge is 2.43. The van der Waals surface area contributed by atoms with E-state index in [1.54, 1.807) is 0 Å². The zero-order valence-electron chi connectivity index (χ0n) is 37.7. The molecule has 0 N–H and O–H groups in total. The number of fused-ring (bicyclic) bond motifs is 10. The topological polar surface area (TPSA) is 8.17 Å². The second-order valence-electron chi connectivity index (χ2n) is 19.4. The maximum absolute atomic E-state index is 2.55. The summed E-state index contributed by atoms with van der Waals surface area (Å²) in [6, 6.07) is 81.1. The van der Waals surface area contributed by atoms with Gasteiger partial charge < -0.3 is 9.47 Å². The summed E-state index contributed by atoms with van der Waals surface area (Å²) < 4.78 is 2.38. The Balaban J connectivity index is 0.962. The van der Waals surface area contributed by atoms with Crippen molar-refractivity contribution in [2.24, 2.45) is 0 Å². The van der Waals surface area contributed by atoms with Crippen LogP contribution in [0.4, 0.5) is 17.1 Å². The molecule has 2 aliphatic carbocycles. The summed E-state index contributed by atoms with van der Waals surface area (Å²) in [5.74, 6) is 0. The lowest BCUT2D eigenvalue weighted by atomic mass is 9.79. The van der Waals surface area contributed by atoms with Crippen molar-refractivity contribution in [3.63, 3.8) is 0 Å². The molecule has 2 nitrogen and oxygen atoms in total. The second kappa shape index (κ2) is 14.3. The van der Waals surface area contributed by atoms with Crippen LogP contribution in [0.3, 0.4) is 0 Å². The van der Waals surface area contributed by atoms with Gasteiger partial charge in [-0.05, 0) is 157 Å². The minimum Gasteiger partial charge on any atom is -0.310 e. The number of anilines is 3. The Bertz CT molecular complexity index is 3720. The number of hydrogen-bond donors (Lipinski definition) is 0. The van der Waals surface area contributed by atoms with Gasteiger partial charge >= 0.3 is 0 Å². The van der Waals surface area contributed by atoms with E-state index in [0.717, 1.165) is 11.4 Å². The molecule has 13 rings (SSSR count). The Labute approximate surface area is 386 Å². The Kier molecular flexibility index (Phi) is 8.33. The first-order valence-corrected chi connectivity index (χ1v) is 23.3. The van der Waals surface area contributed by atoms with E-state index >= 15 is 0 Å². The van der Waals surface area contributed by atoms with Crippen LogP contribution in [0, 0.1) is 0 Å². The fourth-order valence-electron chi connectivity index (χ4n) is 11.5. The summed E-state index contributed by atoms with van der Waals surface area (Å²) in [4.78, 5) is 2.49. The van der Waals surface area contributed by atoms with Crippen LogP contribution in [-0.4, -0.2) is 4.57 Å². The summed E-state index contributed by atoms with van der Waals surface area (Å²) in [7, 11) is 0. The van der Waals surface area contributed by atoms with Crippen LogP contribution in [0.1, 0.15) is 49.9 Å². The van der Waals surface area contributed by atoms with Crippen molar-refractivity contribution in [2.75, 3.05) is 4.90 Å². The highest BCUT2D eigenvalue weighted by molar-refractivity contribution is 6.10. The van der Waals surface area contributed by atoms with Gasteiger partial charge in [-0.3, -0.25) is 0 Å². The molecule has 0 radical (unpaired) electrons. The molecule has 10 aromatic carbocycles. The molecule has 1 heterocycles. The molecule has 11 aromatic rings. The fourth-order valence-corrected chi connectivity index (χ4v) is 11.5. The molecule has 2 aliphatic rings. The van der Waals surface area contributed by atoms with Crippen molar-refractivity contribution in [3.8, 4) is 50.2 Å². The number of para-hydroxylation sites is 2. The van der Waals surface area contributed by atoms with Crippen LogP contribution >= 0.6 is 0 Å². The predicted molar refractivity (Wildman–Crippen MR) is 279 cm³/mol. The molecular formula is C64H48N2. The summed E-state index contributed by atoms with van der Waals surface area (Å²) in [5, 5.41) is 5.10. The molecule has 0 unspecified atom stereocenters. The van der Waals surface area contributed by atoms with Gasteiger partial charge in [0.05, 0.1) is 16.7 Å². The van der Waals surface area contributed by atoms with Crippen LogP contribution in [0.2, 0.25) is 0 Å². The summed E-state index contributed by atoms with van der Waals surface area (Å²) in [5.41, 5.74) is 22.4. The third kappa shape index (κ3) is 5.67. The third-order valence-corrected chi connectivity index (χ3v) is 15.0. The Morgan fingerprint density at radius 1 is 0.348 bits per heavy atom. The van der Waals surface area contributed by atoms with Crippen molar-refractivity contribution in [1.82, 2.24) is 4.57 Å². The number of rotatable bonds is 6. The smallest absolute Gasteiger partial charge is 0.0543 e. The highest BCUT2D eigenvalue weighted by Crippen LogP contribution is 2.59. The molecular weight excluding hydrogens is 797 g/mol. The van der Waals surface area contributed by atoms with E-state index < -0.39 is 0 Å². The van der Waals surface area contributed by atoms with Gasteiger partial charge in [-0.25, -0.2) is 0 Å². The van der Waals surface area contributed by atoms with Gasteiger partial charge in [-0.1, -0.05) is 161 Å². The molecule has 0 aliphatic heterocycles. The van der Waals surface area contributed by atoms with Gasteiger partial charge in [-0.2, -0.15) is 0 Å². The normalized spacial score (nSPS) is 14.0. The lowest BCUT2D eigenvalue weighted by molar-refractivity contribution is 0.652. The summed E-state index contributed by atoms with van der Waals surface area (Å²) in [6.07, 6.45) is 0. The zero-order valence-corrected chi connectivity index (χ0v) is 37.7. The Hall–Kier alpha value is -7.94. The average molecular weight is 845 g/mol. The standard InChI is InChI=1S/C64H48N2/c1-63(2)55-23-15-25-61(62(55)54-40-57-52(39-58(54)63)51-36-44-18-11-12-19-45(44)38-56(51)64(57,3)4)65(48-31-26-42(27-32-48)41-16-7-5-8-17-41)49-33-28-43(29-34-49)46-30-35-60-53(37-46)50-22-13-14-24-59(50)66(60)47-20-9-6-10-21-47/h5-40H,1-4H3. The van der Waals surface area contributed by atoms with Gasteiger partial charge in [0.25, 0.3) is 0 Å². The molecule has 66 heavy (non-hydrogen) atoms. The van der Waals surface area contributed by atoms with Crippen LogP contribution in [0.15, 0.2) is 218 Å². The average Bonchev–Trinajstić information content (AvgIpc) is 3.90. The highest BCUT2D eigenvalue weighted by atomic mass is 15.1. The zero-order chi connectivity index (χ0) is 44.3. The quantitative estimate of drug-likeness (QED) is 0.162. The maximum Gasteiger partial charge on any atom is 0.0543 e. The Morgan fingerprint density at radius 3 is 1.59 bits per heavy atom. The molecule has 0 bridgehead atoms. The minimum atomic E-state index is -0.200. The van der Waals surface area contributed by atoms with Crippen molar-refractivity contribution in [3.05, 3.63) is 241 Å². The molecule has 1 aromatic heterocycles. The van der Waals surface area contributed by atoms with E-state index in [9.17, 15) is 0 Å².